The lowest BCUT2D eigenvalue weighted by molar-refractivity contribution is 0.0948. The Morgan fingerprint density at radius 3 is 2.77 bits per heavy atom. The van der Waals surface area contributed by atoms with Crippen molar-refractivity contribution in [3.8, 4) is 5.75 Å². The number of benzene rings is 1. The van der Waals surface area contributed by atoms with E-state index in [1.54, 1.807) is 54.1 Å². The monoisotopic (exact) mass is 350 g/mol. The summed E-state index contributed by atoms with van der Waals surface area (Å²) in [5.74, 6) is 0.145. The summed E-state index contributed by atoms with van der Waals surface area (Å²) in [5, 5.41) is 5.71. The molecule has 132 valence electrons. The quantitative estimate of drug-likeness (QED) is 0.740. The van der Waals surface area contributed by atoms with E-state index in [0.29, 0.717) is 17.0 Å². The molecule has 7 heteroatoms. The molecule has 0 bridgehead atoms. The molecule has 0 unspecified atom stereocenters. The zero-order chi connectivity index (χ0) is 18.1. The highest BCUT2D eigenvalue weighted by molar-refractivity contribution is 6.06. The molecule has 1 aromatic carbocycles. The Balaban J connectivity index is 1.66. The van der Waals surface area contributed by atoms with Gasteiger partial charge in [-0.1, -0.05) is 12.1 Å². The summed E-state index contributed by atoms with van der Waals surface area (Å²) >= 11 is 0. The fourth-order valence-electron chi connectivity index (χ4n) is 2.73. The minimum Gasteiger partial charge on any atom is -0.497 e. The number of fused-ring (bicyclic) bond motifs is 1. The molecular formula is C19H18N4O3. The normalized spacial score (nSPS) is 13.4. The number of carbonyl (C=O) groups is 2. The van der Waals surface area contributed by atoms with Gasteiger partial charge in [-0.3, -0.25) is 14.0 Å². The molecule has 0 radical (unpaired) electrons. The summed E-state index contributed by atoms with van der Waals surface area (Å²) in [6, 6.07) is 12.7. The van der Waals surface area contributed by atoms with E-state index in [2.05, 4.69) is 15.6 Å². The number of ether oxygens (including phenoxy) is 1. The van der Waals surface area contributed by atoms with Gasteiger partial charge in [0.15, 0.2) is 5.69 Å². The summed E-state index contributed by atoms with van der Waals surface area (Å²) in [6.07, 6.45) is 3.69. The Labute approximate surface area is 150 Å². The minimum atomic E-state index is -0.398. The van der Waals surface area contributed by atoms with Crippen molar-refractivity contribution in [2.75, 3.05) is 12.4 Å². The van der Waals surface area contributed by atoms with Crippen molar-refractivity contribution in [3.05, 3.63) is 60.2 Å². The minimum absolute atomic E-state index is 0.157. The molecule has 0 spiro atoms. The maximum Gasteiger partial charge on any atom is 0.292 e. The van der Waals surface area contributed by atoms with Crippen molar-refractivity contribution in [1.29, 1.82) is 0 Å². The zero-order valence-electron chi connectivity index (χ0n) is 14.2. The van der Waals surface area contributed by atoms with E-state index >= 15 is 0 Å². The lowest BCUT2D eigenvalue weighted by atomic mass is 10.3. The number of imidazole rings is 1. The number of nitrogens with one attached hydrogen (secondary N) is 2. The number of pyridine rings is 1. The first kappa shape index (κ1) is 16.1. The molecule has 7 nitrogen and oxygen atoms in total. The predicted octanol–water partition coefficient (Wildman–Crippen LogP) is 2.49. The summed E-state index contributed by atoms with van der Waals surface area (Å²) in [4.78, 5) is 29.5. The van der Waals surface area contributed by atoms with Gasteiger partial charge in [0.2, 0.25) is 5.82 Å². The van der Waals surface area contributed by atoms with Crippen LogP contribution in [-0.4, -0.2) is 34.4 Å². The number of nitrogens with zero attached hydrogens (tertiary/aromatic N) is 2. The fourth-order valence-corrected chi connectivity index (χ4v) is 2.73. The van der Waals surface area contributed by atoms with E-state index in [-0.39, 0.29) is 23.5 Å². The van der Waals surface area contributed by atoms with Crippen LogP contribution in [0.2, 0.25) is 0 Å². The van der Waals surface area contributed by atoms with E-state index in [4.69, 9.17) is 4.74 Å². The van der Waals surface area contributed by atoms with Crippen LogP contribution in [0.25, 0.3) is 5.52 Å². The number of carbonyl (C=O) groups excluding carboxylic acids is 2. The van der Waals surface area contributed by atoms with E-state index in [0.717, 1.165) is 12.8 Å². The lowest BCUT2D eigenvalue weighted by Crippen LogP contribution is -2.26. The van der Waals surface area contributed by atoms with Gasteiger partial charge in [0, 0.05) is 24.0 Å². The second kappa shape index (κ2) is 6.51. The van der Waals surface area contributed by atoms with Crippen LogP contribution in [0, 0.1) is 0 Å². The first-order chi connectivity index (χ1) is 12.7. The molecule has 1 aliphatic rings. The highest BCUT2D eigenvalue weighted by atomic mass is 16.5. The molecule has 2 N–H and O–H groups in total. The van der Waals surface area contributed by atoms with Gasteiger partial charge in [-0.25, -0.2) is 4.98 Å². The number of aromatic nitrogens is 2. The molecule has 0 saturated heterocycles. The molecule has 4 rings (SSSR count). The summed E-state index contributed by atoms with van der Waals surface area (Å²) < 4.78 is 6.79. The number of hydrogen-bond donors (Lipinski definition) is 2. The number of anilines is 1. The van der Waals surface area contributed by atoms with Gasteiger partial charge in [-0.05, 0) is 37.1 Å². The molecule has 0 atom stereocenters. The van der Waals surface area contributed by atoms with E-state index in [1.165, 1.54) is 0 Å². The molecule has 2 amide bonds. The Bertz CT molecular complexity index is 991. The number of methoxy groups -OCH3 is 1. The molecule has 1 aliphatic carbocycles. The Kier molecular flexibility index (Phi) is 4.04. The summed E-state index contributed by atoms with van der Waals surface area (Å²) in [5.41, 5.74) is 1.45. The third-order valence-corrected chi connectivity index (χ3v) is 4.21. The summed E-state index contributed by atoms with van der Waals surface area (Å²) in [7, 11) is 1.56. The molecule has 2 heterocycles. The van der Waals surface area contributed by atoms with Gasteiger partial charge in [-0.15, -0.1) is 0 Å². The van der Waals surface area contributed by atoms with Gasteiger partial charge >= 0.3 is 0 Å². The van der Waals surface area contributed by atoms with Crippen molar-refractivity contribution in [2.24, 2.45) is 0 Å². The van der Waals surface area contributed by atoms with Crippen molar-refractivity contribution >= 4 is 23.0 Å². The maximum absolute atomic E-state index is 12.7. The van der Waals surface area contributed by atoms with Crippen LogP contribution >= 0.6 is 0 Å². The van der Waals surface area contributed by atoms with E-state index in [1.807, 2.05) is 6.07 Å². The Morgan fingerprint density at radius 2 is 2.00 bits per heavy atom. The smallest absolute Gasteiger partial charge is 0.292 e. The predicted molar refractivity (Wildman–Crippen MR) is 96.6 cm³/mol. The molecule has 1 fully saturated rings. The van der Waals surface area contributed by atoms with Gasteiger partial charge in [0.05, 0.1) is 12.6 Å². The standard InChI is InChI=1S/C19H18N4O3/c1-26-14-6-4-5-13(11-14)21-19(25)17-22-16(18(24)20-12-8-9-12)15-7-2-3-10-23(15)17/h2-7,10-12H,8-9H2,1H3,(H,20,24)(H,21,25). The average Bonchev–Trinajstić information content (AvgIpc) is 3.38. The Morgan fingerprint density at radius 1 is 1.15 bits per heavy atom. The first-order valence-corrected chi connectivity index (χ1v) is 8.39. The van der Waals surface area contributed by atoms with Crippen molar-refractivity contribution in [3.63, 3.8) is 0 Å². The second-order valence-corrected chi connectivity index (χ2v) is 6.17. The van der Waals surface area contributed by atoms with Crippen LogP contribution in [0.3, 0.4) is 0 Å². The Hall–Kier alpha value is -3.35. The maximum atomic E-state index is 12.7. The van der Waals surface area contributed by atoms with Gasteiger partial charge in [0.1, 0.15) is 5.75 Å². The SMILES string of the molecule is COc1cccc(NC(=O)c2nc(C(=O)NC3CC3)c3ccccn23)c1. The lowest BCUT2D eigenvalue weighted by Gasteiger charge is -2.06. The van der Waals surface area contributed by atoms with Crippen LogP contribution in [0.5, 0.6) is 5.75 Å². The van der Waals surface area contributed by atoms with Crippen molar-refractivity contribution < 1.29 is 14.3 Å². The van der Waals surface area contributed by atoms with Crippen molar-refractivity contribution in [2.45, 2.75) is 18.9 Å². The average molecular weight is 350 g/mol. The van der Waals surface area contributed by atoms with E-state index < -0.39 is 5.91 Å². The number of hydrogen-bond acceptors (Lipinski definition) is 4. The van der Waals surface area contributed by atoms with Crippen LogP contribution < -0.4 is 15.4 Å². The summed E-state index contributed by atoms with van der Waals surface area (Å²) in [6.45, 7) is 0. The van der Waals surface area contributed by atoms with E-state index in [9.17, 15) is 9.59 Å². The molecule has 26 heavy (non-hydrogen) atoms. The largest absolute Gasteiger partial charge is 0.497 e. The number of amides is 2. The molecule has 2 aromatic heterocycles. The topological polar surface area (TPSA) is 84.7 Å². The van der Waals surface area contributed by atoms with Crippen LogP contribution in [-0.2, 0) is 0 Å². The van der Waals surface area contributed by atoms with Crippen molar-refractivity contribution in [1.82, 2.24) is 14.7 Å². The van der Waals surface area contributed by atoms with Gasteiger partial charge in [-0.2, -0.15) is 0 Å². The molecule has 1 saturated carbocycles. The molecule has 3 aromatic rings. The molecular weight excluding hydrogens is 332 g/mol. The zero-order valence-corrected chi connectivity index (χ0v) is 14.2. The van der Waals surface area contributed by atoms with Crippen LogP contribution in [0.4, 0.5) is 5.69 Å². The third kappa shape index (κ3) is 3.11. The first-order valence-electron chi connectivity index (χ1n) is 8.39. The fraction of sp³-hybridized carbons (Fsp3) is 0.211. The third-order valence-electron chi connectivity index (χ3n) is 4.21. The van der Waals surface area contributed by atoms with Crippen LogP contribution in [0.1, 0.15) is 33.9 Å². The van der Waals surface area contributed by atoms with Crippen LogP contribution in [0.15, 0.2) is 48.7 Å². The molecule has 0 aliphatic heterocycles. The highest BCUT2D eigenvalue weighted by Crippen LogP contribution is 2.21. The second-order valence-electron chi connectivity index (χ2n) is 6.17. The highest BCUT2D eigenvalue weighted by Gasteiger charge is 2.27. The number of rotatable bonds is 5. The van der Waals surface area contributed by atoms with Gasteiger partial charge < -0.3 is 15.4 Å². The van der Waals surface area contributed by atoms with Gasteiger partial charge in [0.25, 0.3) is 11.8 Å².